The molecule has 2 aliphatic rings. The normalized spacial score (nSPS) is 19.4. The first-order valence-corrected chi connectivity index (χ1v) is 12.2. The van der Waals surface area contributed by atoms with Gasteiger partial charge in [0.1, 0.15) is 5.82 Å². The number of guanidine groups is 1. The van der Waals surface area contributed by atoms with Gasteiger partial charge in [0.15, 0.2) is 12.2 Å². The maximum Gasteiger partial charge on any atom is 0.328 e. The molecule has 5 rings (SSSR count). The van der Waals surface area contributed by atoms with Crippen LogP contribution in [-0.4, -0.2) is 81.8 Å². The van der Waals surface area contributed by atoms with E-state index < -0.39 is 18.2 Å². The number of fused-ring (bicyclic) bond motifs is 2. The molecule has 1 fully saturated rings. The third kappa shape index (κ3) is 4.57. The minimum atomic E-state index is -0.686. The van der Waals surface area contributed by atoms with Crippen molar-refractivity contribution in [2.45, 2.75) is 31.6 Å². The number of aliphatic imine (C=N–C) groups is 1. The summed E-state index contributed by atoms with van der Waals surface area (Å²) in [6.07, 6.45) is 0.154. The molecule has 2 aromatic heterocycles. The van der Waals surface area contributed by atoms with Gasteiger partial charge in [0.25, 0.3) is 5.91 Å². The van der Waals surface area contributed by atoms with Crippen LogP contribution < -0.4 is 10.6 Å². The summed E-state index contributed by atoms with van der Waals surface area (Å²) in [5, 5.41) is 7.20. The van der Waals surface area contributed by atoms with Gasteiger partial charge in [-0.15, -0.1) is 0 Å². The van der Waals surface area contributed by atoms with Crippen LogP contribution in [0, 0.1) is 0 Å². The van der Waals surface area contributed by atoms with Crippen LogP contribution in [0.4, 0.5) is 10.6 Å². The number of hydrogen-bond acceptors (Lipinski definition) is 7. The molecule has 0 aliphatic carbocycles. The average Bonchev–Trinajstić information content (AvgIpc) is 3.46. The highest BCUT2D eigenvalue weighted by Gasteiger charge is 2.51. The summed E-state index contributed by atoms with van der Waals surface area (Å²) in [7, 11) is 5.00. The maximum absolute atomic E-state index is 13.5. The molecule has 0 saturated carbocycles. The van der Waals surface area contributed by atoms with Crippen LogP contribution in [0.5, 0.6) is 0 Å². The van der Waals surface area contributed by atoms with Gasteiger partial charge in [-0.25, -0.2) is 14.8 Å². The molecule has 1 aromatic carbocycles. The van der Waals surface area contributed by atoms with E-state index in [0.717, 1.165) is 16.6 Å². The smallest absolute Gasteiger partial charge is 0.328 e. The summed E-state index contributed by atoms with van der Waals surface area (Å²) in [5.74, 6) is 0.564. The Bertz CT molecular complexity index is 1420. The predicted molar refractivity (Wildman–Crippen MR) is 140 cm³/mol. The first-order chi connectivity index (χ1) is 17.8. The van der Waals surface area contributed by atoms with Crippen molar-refractivity contribution in [1.82, 2.24) is 30.0 Å². The van der Waals surface area contributed by atoms with E-state index >= 15 is 0 Å². The third-order valence-corrected chi connectivity index (χ3v) is 7.00. The van der Waals surface area contributed by atoms with Gasteiger partial charge in [0, 0.05) is 54.9 Å². The van der Waals surface area contributed by atoms with Crippen molar-refractivity contribution in [3.8, 4) is 0 Å². The summed E-state index contributed by atoms with van der Waals surface area (Å²) in [5.41, 5.74) is 2.29. The zero-order chi connectivity index (χ0) is 26.3. The number of halogens is 1. The number of urea groups is 1. The average molecular weight is 523 g/mol. The number of hydrogen-bond donors (Lipinski definition) is 3. The lowest BCUT2D eigenvalue weighted by Gasteiger charge is -2.40. The molecule has 0 radical (unpaired) electrons. The lowest BCUT2D eigenvalue weighted by molar-refractivity contribution is -0.137. The Hall–Kier alpha value is -4.12. The molecule has 1 saturated heterocycles. The van der Waals surface area contributed by atoms with E-state index in [1.165, 1.54) is 9.80 Å². The zero-order valence-electron chi connectivity index (χ0n) is 20.7. The van der Waals surface area contributed by atoms with Crippen molar-refractivity contribution in [1.29, 1.82) is 0 Å². The summed E-state index contributed by atoms with van der Waals surface area (Å²) < 4.78 is 0. The summed E-state index contributed by atoms with van der Waals surface area (Å²) >= 11 is 6.29. The number of aromatic amines is 1. The molecule has 37 heavy (non-hydrogen) atoms. The summed E-state index contributed by atoms with van der Waals surface area (Å²) in [6, 6.07) is 11.7. The van der Waals surface area contributed by atoms with E-state index in [4.69, 9.17) is 11.6 Å². The van der Waals surface area contributed by atoms with Gasteiger partial charge in [-0.3, -0.25) is 14.5 Å². The first kappa shape index (κ1) is 24.6. The third-order valence-electron chi connectivity index (χ3n) is 6.67. The number of carbonyl (C=O) groups excluding carboxylic acids is 3. The van der Waals surface area contributed by atoms with Gasteiger partial charge in [0.05, 0.1) is 6.54 Å². The van der Waals surface area contributed by atoms with E-state index in [0.29, 0.717) is 35.3 Å². The summed E-state index contributed by atoms with van der Waals surface area (Å²) in [4.78, 5) is 55.1. The zero-order valence-corrected chi connectivity index (χ0v) is 21.4. The second-order valence-corrected chi connectivity index (χ2v) is 9.46. The minimum Gasteiger partial charge on any atom is -0.359 e. The van der Waals surface area contributed by atoms with E-state index in [9.17, 15) is 14.4 Å². The monoisotopic (exact) mass is 522 g/mol. The molecule has 4 amide bonds. The number of anilines is 1. The number of amides is 4. The highest BCUT2D eigenvalue weighted by Crippen LogP contribution is 2.29. The number of pyridine rings is 1. The van der Waals surface area contributed by atoms with Gasteiger partial charge >= 0.3 is 6.03 Å². The van der Waals surface area contributed by atoms with Gasteiger partial charge < -0.3 is 25.4 Å². The molecule has 0 spiro atoms. The SMILES string of the molecule is CNC(=O)CCc1cccc(NC2=NC3C(C(=O)N(Cc4cc5c(Cl)cccc5[nH]4)C(=O)N3C)N2C)n1. The molecule has 3 N–H and O–H groups in total. The molecule has 2 atom stereocenters. The van der Waals surface area contributed by atoms with E-state index in [1.807, 2.05) is 30.3 Å². The lowest BCUT2D eigenvalue weighted by Crippen LogP contribution is -2.64. The highest BCUT2D eigenvalue weighted by atomic mass is 35.5. The number of carbonyl (C=O) groups is 3. The van der Waals surface area contributed by atoms with E-state index in [2.05, 4.69) is 25.6 Å². The Labute approximate surface area is 218 Å². The molecule has 192 valence electrons. The quantitative estimate of drug-likeness (QED) is 0.456. The Morgan fingerprint density at radius 2 is 1.92 bits per heavy atom. The fourth-order valence-corrected chi connectivity index (χ4v) is 4.86. The lowest BCUT2D eigenvalue weighted by atomic mass is 10.1. The second-order valence-electron chi connectivity index (χ2n) is 9.05. The number of benzene rings is 1. The van der Waals surface area contributed by atoms with Crippen molar-refractivity contribution in [3.05, 3.63) is 58.9 Å². The van der Waals surface area contributed by atoms with Crippen molar-refractivity contribution in [3.63, 3.8) is 0 Å². The minimum absolute atomic E-state index is 0.0598. The molecule has 12 heteroatoms. The Balaban J connectivity index is 1.33. The van der Waals surface area contributed by atoms with Crippen molar-refractivity contribution in [2.75, 3.05) is 26.5 Å². The van der Waals surface area contributed by atoms with Crippen LogP contribution in [0.2, 0.25) is 5.02 Å². The maximum atomic E-state index is 13.5. The van der Waals surface area contributed by atoms with Crippen LogP contribution in [-0.2, 0) is 22.6 Å². The largest absolute Gasteiger partial charge is 0.359 e. The topological polar surface area (TPSA) is 126 Å². The predicted octanol–water partition coefficient (Wildman–Crippen LogP) is 2.40. The first-order valence-electron chi connectivity index (χ1n) is 11.8. The Morgan fingerprint density at radius 3 is 2.68 bits per heavy atom. The van der Waals surface area contributed by atoms with E-state index in [1.54, 1.807) is 38.2 Å². The van der Waals surface area contributed by atoms with Crippen molar-refractivity contribution < 1.29 is 14.4 Å². The van der Waals surface area contributed by atoms with Crippen LogP contribution >= 0.6 is 11.6 Å². The Morgan fingerprint density at radius 1 is 1.14 bits per heavy atom. The number of rotatable bonds is 6. The number of nitrogens with zero attached hydrogens (tertiary/aromatic N) is 5. The van der Waals surface area contributed by atoms with Crippen molar-refractivity contribution in [2.24, 2.45) is 4.99 Å². The molecule has 3 aromatic rings. The Kier molecular flexibility index (Phi) is 6.46. The molecular formula is C25H27ClN8O3. The molecule has 4 heterocycles. The highest BCUT2D eigenvalue weighted by molar-refractivity contribution is 6.35. The molecule has 2 unspecified atom stereocenters. The van der Waals surface area contributed by atoms with Crippen LogP contribution in [0.1, 0.15) is 17.8 Å². The second kappa shape index (κ2) is 9.74. The fraction of sp³-hybridized carbons (Fsp3) is 0.320. The van der Waals surface area contributed by atoms with Crippen LogP contribution in [0.3, 0.4) is 0 Å². The number of aryl methyl sites for hydroxylation is 1. The number of nitrogens with one attached hydrogen (secondary N) is 3. The molecule has 11 nitrogen and oxygen atoms in total. The van der Waals surface area contributed by atoms with Crippen molar-refractivity contribution >= 4 is 52.1 Å². The molecule has 2 aliphatic heterocycles. The van der Waals surface area contributed by atoms with Gasteiger partial charge in [-0.05, 0) is 36.8 Å². The van der Waals surface area contributed by atoms with E-state index in [-0.39, 0.29) is 18.4 Å². The van der Waals surface area contributed by atoms with Crippen LogP contribution in [0.15, 0.2) is 47.5 Å². The fourth-order valence-electron chi connectivity index (χ4n) is 4.63. The molecular weight excluding hydrogens is 496 g/mol. The van der Waals surface area contributed by atoms with Gasteiger partial charge in [-0.2, -0.15) is 0 Å². The standard InChI is InChI=1S/C25H27ClN8O3/c1-27-20(35)11-10-14-6-4-9-19(29-14)30-24-31-22-21(32(24)2)23(36)34(25(37)33(22)3)13-15-12-16-17(26)7-5-8-18(16)28-15/h4-9,12,21-22,28H,10-11,13H2,1-3H3,(H,27,35)(H,29,30,31). The summed E-state index contributed by atoms with van der Waals surface area (Å²) in [6.45, 7) is 0.0851. The number of aromatic nitrogens is 2. The van der Waals surface area contributed by atoms with Gasteiger partial charge in [-0.1, -0.05) is 23.7 Å². The number of imide groups is 1. The van der Waals surface area contributed by atoms with Crippen LogP contribution in [0.25, 0.3) is 10.9 Å². The molecule has 0 bridgehead atoms. The number of H-pyrrole nitrogens is 1. The van der Waals surface area contributed by atoms with Gasteiger partial charge in [0.2, 0.25) is 11.9 Å². The number of likely N-dealkylation sites (N-methyl/N-ethyl adjacent to an activating group) is 2.